The molecule has 1 aromatic rings. The summed E-state index contributed by atoms with van der Waals surface area (Å²) >= 11 is 0. The Hall–Kier alpha value is -1.38. The van der Waals surface area contributed by atoms with Crippen LogP contribution in [-0.4, -0.2) is 30.6 Å². The van der Waals surface area contributed by atoms with Crippen LogP contribution in [0.3, 0.4) is 0 Å². The Morgan fingerprint density at radius 2 is 1.76 bits per heavy atom. The zero-order chi connectivity index (χ0) is 16.9. The van der Waals surface area contributed by atoms with Crippen molar-refractivity contribution in [3.8, 4) is 0 Å². The summed E-state index contributed by atoms with van der Waals surface area (Å²) in [5, 5.41) is 0. The Kier molecular flexibility index (Phi) is 5.68. The summed E-state index contributed by atoms with van der Waals surface area (Å²) in [6.07, 6.45) is 15.3. The fourth-order valence-electron chi connectivity index (χ4n) is 4.19. The van der Waals surface area contributed by atoms with Gasteiger partial charge in [0.05, 0.1) is 13.2 Å². The number of hydrogen-bond acceptors (Lipinski definition) is 2. The van der Waals surface area contributed by atoms with E-state index in [0.717, 1.165) is 19.3 Å². The minimum atomic E-state index is 0.727. The van der Waals surface area contributed by atoms with Crippen molar-refractivity contribution in [2.45, 2.75) is 64.0 Å². The summed E-state index contributed by atoms with van der Waals surface area (Å²) in [5.41, 5.74) is 5.72. The van der Waals surface area contributed by atoms with Crippen LogP contribution in [0.2, 0.25) is 0 Å². The maximum atomic E-state index is 5.85. The number of benzene rings is 1. The van der Waals surface area contributed by atoms with Gasteiger partial charge in [0, 0.05) is 19.1 Å². The number of hydrogen-bond donors (Lipinski definition) is 0. The molecule has 0 radical (unpaired) electrons. The van der Waals surface area contributed by atoms with Crippen LogP contribution in [0.5, 0.6) is 0 Å². The fraction of sp³-hybridized carbons (Fsp3) is 0.565. The van der Waals surface area contributed by atoms with Gasteiger partial charge in [-0.3, -0.25) is 4.90 Å². The van der Waals surface area contributed by atoms with Gasteiger partial charge in [-0.15, -0.1) is 0 Å². The van der Waals surface area contributed by atoms with Gasteiger partial charge in [-0.25, -0.2) is 0 Å². The van der Waals surface area contributed by atoms with Gasteiger partial charge in [0.25, 0.3) is 0 Å². The second-order valence-corrected chi connectivity index (χ2v) is 7.91. The van der Waals surface area contributed by atoms with E-state index in [4.69, 9.17) is 4.74 Å². The van der Waals surface area contributed by atoms with Crippen LogP contribution in [0.1, 0.15) is 62.5 Å². The van der Waals surface area contributed by atoms with E-state index in [1.54, 1.807) is 5.57 Å². The van der Waals surface area contributed by atoms with E-state index in [1.165, 1.54) is 81.2 Å². The van der Waals surface area contributed by atoms with Crippen LogP contribution < -0.4 is 0 Å². The number of ether oxygens (including phenoxy) is 1. The molecule has 2 fully saturated rings. The van der Waals surface area contributed by atoms with Gasteiger partial charge in [-0.1, -0.05) is 48.4 Å². The van der Waals surface area contributed by atoms with Crippen molar-refractivity contribution < 1.29 is 4.74 Å². The molecule has 3 aliphatic rings. The minimum Gasteiger partial charge on any atom is -0.372 e. The highest BCUT2D eigenvalue weighted by atomic mass is 16.5. The van der Waals surface area contributed by atoms with Crippen LogP contribution in [0.15, 0.2) is 41.5 Å². The smallest absolute Gasteiger partial charge is 0.0721 e. The Morgan fingerprint density at radius 1 is 0.960 bits per heavy atom. The molecule has 0 spiro atoms. The lowest BCUT2D eigenvalue weighted by molar-refractivity contribution is 0.118. The Bertz CT molecular complexity index is 614. The Morgan fingerprint density at radius 3 is 2.40 bits per heavy atom. The predicted octanol–water partition coefficient (Wildman–Crippen LogP) is 5.35. The largest absolute Gasteiger partial charge is 0.372 e. The summed E-state index contributed by atoms with van der Waals surface area (Å²) in [6.45, 7) is 4.06. The van der Waals surface area contributed by atoms with E-state index in [0.29, 0.717) is 0 Å². The highest BCUT2D eigenvalue weighted by Crippen LogP contribution is 2.29. The molecule has 4 rings (SSSR count). The van der Waals surface area contributed by atoms with Crippen molar-refractivity contribution in [1.82, 2.24) is 4.90 Å². The molecular formula is C23H31NO. The number of rotatable bonds is 6. The normalized spacial score (nSPS) is 21.9. The first kappa shape index (κ1) is 17.1. The zero-order valence-electron chi connectivity index (χ0n) is 15.4. The summed E-state index contributed by atoms with van der Waals surface area (Å²) in [7, 11) is 0. The number of nitrogens with zero attached hydrogens (tertiary/aromatic N) is 1. The van der Waals surface area contributed by atoms with Crippen LogP contribution in [0.4, 0.5) is 0 Å². The van der Waals surface area contributed by atoms with E-state index in [-0.39, 0.29) is 0 Å². The maximum Gasteiger partial charge on any atom is 0.0721 e. The van der Waals surface area contributed by atoms with Crippen molar-refractivity contribution in [1.29, 1.82) is 0 Å². The number of piperidine rings is 1. The highest BCUT2D eigenvalue weighted by molar-refractivity contribution is 5.53. The fourth-order valence-corrected chi connectivity index (χ4v) is 4.19. The van der Waals surface area contributed by atoms with Gasteiger partial charge in [-0.2, -0.15) is 0 Å². The van der Waals surface area contributed by atoms with Crippen molar-refractivity contribution in [3.63, 3.8) is 0 Å². The number of likely N-dealkylation sites (tertiary alicyclic amines) is 1. The molecule has 0 atom stereocenters. The average Bonchev–Trinajstić information content (AvgIpc) is 3.10. The molecule has 0 unspecified atom stereocenters. The summed E-state index contributed by atoms with van der Waals surface area (Å²) in [4.78, 5) is 2.71. The van der Waals surface area contributed by atoms with Gasteiger partial charge < -0.3 is 4.74 Å². The first-order valence-electron chi connectivity index (χ1n) is 10.1. The monoisotopic (exact) mass is 337 g/mol. The Balaban J connectivity index is 1.24. The third-order valence-corrected chi connectivity index (χ3v) is 6.07. The van der Waals surface area contributed by atoms with Gasteiger partial charge in [-0.05, 0) is 61.6 Å². The highest BCUT2D eigenvalue weighted by Gasteiger charge is 2.26. The van der Waals surface area contributed by atoms with Gasteiger partial charge in [0.1, 0.15) is 0 Å². The molecule has 2 aliphatic carbocycles. The van der Waals surface area contributed by atoms with E-state index >= 15 is 0 Å². The topological polar surface area (TPSA) is 12.5 Å². The van der Waals surface area contributed by atoms with Gasteiger partial charge >= 0.3 is 0 Å². The lowest BCUT2D eigenvalue weighted by atomic mass is 9.89. The molecule has 0 amide bonds. The molecule has 1 saturated heterocycles. The quantitative estimate of drug-likeness (QED) is 0.649. The summed E-state index contributed by atoms with van der Waals surface area (Å²) in [5.74, 6) is 0. The predicted molar refractivity (Wildman–Crippen MR) is 104 cm³/mol. The first-order chi connectivity index (χ1) is 12.4. The molecule has 1 aliphatic heterocycles. The average molecular weight is 338 g/mol. The van der Waals surface area contributed by atoms with Crippen LogP contribution >= 0.6 is 0 Å². The lowest BCUT2D eigenvalue weighted by Gasteiger charge is -2.40. The molecule has 0 bridgehead atoms. The van der Waals surface area contributed by atoms with Gasteiger partial charge in [0.2, 0.25) is 0 Å². The third-order valence-electron chi connectivity index (χ3n) is 6.07. The number of allylic oxidation sites excluding steroid dienone is 1. The molecule has 2 heteroatoms. The van der Waals surface area contributed by atoms with Crippen LogP contribution in [0.25, 0.3) is 6.08 Å². The minimum absolute atomic E-state index is 0.727. The molecule has 1 heterocycles. The third kappa shape index (κ3) is 4.62. The van der Waals surface area contributed by atoms with Gasteiger partial charge in [0.15, 0.2) is 0 Å². The maximum absolute atomic E-state index is 5.85. The molecule has 0 N–H and O–H groups in total. The van der Waals surface area contributed by atoms with Crippen LogP contribution in [0, 0.1) is 0 Å². The first-order valence-corrected chi connectivity index (χ1v) is 10.1. The second kappa shape index (κ2) is 8.33. The van der Waals surface area contributed by atoms with Crippen LogP contribution in [-0.2, 0) is 11.3 Å². The second-order valence-electron chi connectivity index (χ2n) is 7.91. The molecule has 134 valence electrons. The molecule has 25 heavy (non-hydrogen) atoms. The van der Waals surface area contributed by atoms with E-state index in [9.17, 15) is 0 Å². The van der Waals surface area contributed by atoms with Crippen molar-refractivity contribution in [2.24, 2.45) is 0 Å². The molecule has 0 aromatic heterocycles. The summed E-state index contributed by atoms with van der Waals surface area (Å²) in [6, 6.07) is 9.84. The molecule has 1 saturated carbocycles. The molecular weight excluding hydrogens is 306 g/mol. The van der Waals surface area contributed by atoms with E-state index in [2.05, 4.69) is 41.3 Å². The SMILES string of the molecule is C(=C1CCN(C2CCC2)CC1)c1ccc(COCC2=CCCC2)cc1. The zero-order valence-corrected chi connectivity index (χ0v) is 15.4. The standard InChI is InChI=1S/C23H31NO/c1-2-5-21(4-1)17-25-18-22-10-8-19(9-11-22)16-20-12-14-24(15-13-20)23-6-3-7-23/h4,8-11,16,23H,1-3,5-7,12-15,17-18H2. The van der Waals surface area contributed by atoms with E-state index in [1.807, 2.05) is 0 Å². The van der Waals surface area contributed by atoms with Crippen molar-refractivity contribution >= 4 is 6.08 Å². The summed E-state index contributed by atoms with van der Waals surface area (Å²) < 4.78 is 5.85. The van der Waals surface area contributed by atoms with Crippen molar-refractivity contribution in [2.75, 3.05) is 19.7 Å². The molecule has 1 aromatic carbocycles. The Labute approximate surface area is 152 Å². The molecule has 2 nitrogen and oxygen atoms in total. The van der Waals surface area contributed by atoms with Crippen molar-refractivity contribution in [3.05, 3.63) is 52.6 Å². The van der Waals surface area contributed by atoms with E-state index < -0.39 is 0 Å². The lowest BCUT2D eigenvalue weighted by Crippen LogP contribution is -2.43.